The fourth-order valence-corrected chi connectivity index (χ4v) is 2.43. The van der Waals surface area contributed by atoms with Gasteiger partial charge in [0.25, 0.3) is 0 Å². The van der Waals surface area contributed by atoms with Crippen LogP contribution in [0.25, 0.3) is 0 Å². The van der Waals surface area contributed by atoms with Gasteiger partial charge in [-0.3, -0.25) is 4.79 Å². The third-order valence-corrected chi connectivity index (χ3v) is 3.22. The maximum absolute atomic E-state index is 13.5. The first-order valence-corrected chi connectivity index (χ1v) is 5.31. The van der Waals surface area contributed by atoms with E-state index < -0.39 is 17.7 Å². The predicted molar refractivity (Wildman–Crippen MR) is 48.9 cm³/mol. The van der Waals surface area contributed by atoms with Gasteiger partial charge in [-0.1, -0.05) is 0 Å². The van der Waals surface area contributed by atoms with E-state index in [2.05, 4.69) is 4.98 Å². The normalized spacial score (nSPS) is 16.1. The van der Waals surface area contributed by atoms with Crippen LogP contribution in [0.2, 0.25) is 0 Å². The van der Waals surface area contributed by atoms with E-state index in [1.807, 2.05) is 0 Å². The average Bonchev–Trinajstić information content (AvgIpc) is 2.18. The molecule has 0 radical (unpaired) electrons. The first-order valence-electron chi connectivity index (χ1n) is 4.33. The highest BCUT2D eigenvalue weighted by Crippen LogP contribution is 2.37. The Balaban J connectivity index is 2.60. The summed E-state index contributed by atoms with van der Waals surface area (Å²) in [5, 5.41) is 0. The van der Waals surface area contributed by atoms with Crippen LogP contribution in [-0.2, 0) is 6.18 Å². The number of aromatic nitrogens is 1. The Hall–Kier alpha value is -1.11. The molecule has 2 rings (SSSR count). The first kappa shape index (κ1) is 11.4. The molecule has 0 amide bonds. The lowest BCUT2D eigenvalue weighted by Gasteiger charge is -2.16. The van der Waals surface area contributed by atoms with Gasteiger partial charge in [-0.25, -0.2) is 9.37 Å². The number of fused-ring (bicyclic) bond motifs is 1. The average molecular weight is 251 g/mol. The van der Waals surface area contributed by atoms with Crippen LogP contribution in [0.3, 0.4) is 0 Å². The molecule has 2 nitrogen and oxygen atoms in total. The maximum Gasteiger partial charge on any atom is 0.436 e. The smallest absolute Gasteiger partial charge is 0.294 e. The Morgan fingerprint density at radius 1 is 1.38 bits per heavy atom. The fourth-order valence-electron chi connectivity index (χ4n) is 1.39. The number of halogens is 4. The predicted octanol–water partition coefficient (Wildman–Crippen LogP) is 2.92. The number of carbonyl (C=O) groups excluding carboxylic acids is 1. The molecule has 86 valence electrons. The Morgan fingerprint density at radius 2 is 2.06 bits per heavy atom. The molecule has 0 unspecified atom stereocenters. The molecule has 0 spiro atoms. The molecule has 0 saturated heterocycles. The van der Waals surface area contributed by atoms with Crippen molar-refractivity contribution in [1.29, 1.82) is 0 Å². The summed E-state index contributed by atoms with van der Waals surface area (Å²) in [5.41, 5.74) is -1.62. The van der Waals surface area contributed by atoms with Crippen molar-refractivity contribution in [2.75, 3.05) is 5.75 Å². The molecule has 0 saturated carbocycles. The molecule has 1 aromatic heterocycles. The molecule has 0 N–H and O–H groups in total. The van der Waals surface area contributed by atoms with Crippen LogP contribution in [0.1, 0.15) is 22.5 Å². The van der Waals surface area contributed by atoms with Crippen LogP contribution >= 0.6 is 11.8 Å². The van der Waals surface area contributed by atoms with Crippen molar-refractivity contribution >= 4 is 17.5 Å². The summed E-state index contributed by atoms with van der Waals surface area (Å²) in [6, 6.07) is 0. The molecule has 16 heavy (non-hydrogen) atoms. The van der Waals surface area contributed by atoms with E-state index in [1.54, 1.807) is 0 Å². The van der Waals surface area contributed by atoms with Gasteiger partial charge in [-0.2, -0.15) is 13.2 Å². The Labute approximate surface area is 92.1 Å². The van der Waals surface area contributed by atoms with Gasteiger partial charge in [0.2, 0.25) is 0 Å². The summed E-state index contributed by atoms with van der Waals surface area (Å²) < 4.78 is 50.4. The molecular formula is C9H5F4NOS. The SMILES string of the molecule is O=C1CCSc2c1cnc(C(F)(F)F)c2F. The van der Waals surface area contributed by atoms with E-state index in [4.69, 9.17) is 0 Å². The summed E-state index contributed by atoms with van der Waals surface area (Å²) in [6.45, 7) is 0. The molecule has 0 atom stereocenters. The van der Waals surface area contributed by atoms with Crippen LogP contribution in [0.5, 0.6) is 0 Å². The Bertz CT molecular complexity index is 458. The van der Waals surface area contributed by atoms with E-state index in [9.17, 15) is 22.4 Å². The van der Waals surface area contributed by atoms with E-state index >= 15 is 0 Å². The molecule has 0 aliphatic carbocycles. The minimum Gasteiger partial charge on any atom is -0.294 e. The molecular weight excluding hydrogens is 246 g/mol. The molecule has 2 heterocycles. The maximum atomic E-state index is 13.5. The number of carbonyl (C=O) groups is 1. The number of rotatable bonds is 0. The Morgan fingerprint density at radius 3 is 2.69 bits per heavy atom. The summed E-state index contributed by atoms with van der Waals surface area (Å²) in [7, 11) is 0. The molecule has 1 aromatic rings. The lowest BCUT2D eigenvalue weighted by molar-refractivity contribution is -0.144. The fraction of sp³-hybridized carbons (Fsp3) is 0.333. The zero-order valence-electron chi connectivity index (χ0n) is 7.77. The number of Topliss-reactive ketones (excluding diaryl/α,β-unsaturated/α-hetero) is 1. The molecule has 1 aliphatic rings. The van der Waals surface area contributed by atoms with Crippen LogP contribution < -0.4 is 0 Å². The highest BCUT2D eigenvalue weighted by Gasteiger charge is 2.38. The van der Waals surface area contributed by atoms with Crippen molar-refractivity contribution in [3.8, 4) is 0 Å². The van der Waals surface area contributed by atoms with Crippen LogP contribution in [0, 0.1) is 5.82 Å². The van der Waals surface area contributed by atoms with Crippen molar-refractivity contribution in [2.24, 2.45) is 0 Å². The summed E-state index contributed by atoms with van der Waals surface area (Å²) >= 11 is 0.914. The molecule has 7 heteroatoms. The second-order valence-corrected chi connectivity index (χ2v) is 4.29. The number of thioether (sulfide) groups is 1. The zero-order valence-corrected chi connectivity index (χ0v) is 8.58. The van der Waals surface area contributed by atoms with Gasteiger partial charge in [-0.15, -0.1) is 11.8 Å². The summed E-state index contributed by atoms with van der Waals surface area (Å²) in [6.07, 6.45) is -3.83. The number of nitrogens with zero attached hydrogens (tertiary/aromatic N) is 1. The van der Waals surface area contributed by atoms with Crippen molar-refractivity contribution in [3.05, 3.63) is 23.3 Å². The van der Waals surface area contributed by atoms with Crippen LogP contribution in [0.4, 0.5) is 17.6 Å². The molecule has 0 aromatic carbocycles. The van der Waals surface area contributed by atoms with Gasteiger partial charge in [-0.05, 0) is 0 Å². The number of hydrogen-bond donors (Lipinski definition) is 0. The van der Waals surface area contributed by atoms with Gasteiger partial charge >= 0.3 is 6.18 Å². The summed E-state index contributed by atoms with van der Waals surface area (Å²) in [5.74, 6) is -1.51. The number of pyridine rings is 1. The van der Waals surface area contributed by atoms with Gasteiger partial charge < -0.3 is 0 Å². The second kappa shape index (κ2) is 3.73. The van der Waals surface area contributed by atoms with Gasteiger partial charge in [0.1, 0.15) is 0 Å². The number of hydrogen-bond acceptors (Lipinski definition) is 3. The highest BCUT2D eigenvalue weighted by atomic mass is 32.2. The van der Waals surface area contributed by atoms with Gasteiger partial charge in [0, 0.05) is 18.4 Å². The second-order valence-electron chi connectivity index (χ2n) is 3.18. The van der Waals surface area contributed by atoms with Gasteiger partial charge in [0.05, 0.1) is 10.5 Å². The van der Waals surface area contributed by atoms with Gasteiger partial charge in [0.15, 0.2) is 17.3 Å². The van der Waals surface area contributed by atoms with E-state index in [0.29, 0.717) is 5.75 Å². The third kappa shape index (κ3) is 1.79. The van der Waals surface area contributed by atoms with E-state index in [1.165, 1.54) is 0 Å². The van der Waals surface area contributed by atoms with Crippen molar-refractivity contribution < 1.29 is 22.4 Å². The molecule has 0 bridgehead atoms. The van der Waals surface area contributed by atoms with Crippen molar-refractivity contribution in [2.45, 2.75) is 17.5 Å². The van der Waals surface area contributed by atoms with Crippen molar-refractivity contribution in [1.82, 2.24) is 4.98 Å². The quantitative estimate of drug-likeness (QED) is 0.664. The standard InChI is InChI=1S/C9H5F4NOS/c10-6-7-4(5(15)1-2-16-7)3-14-8(6)9(11,12)13/h3H,1-2H2. The Kier molecular flexibility index (Phi) is 2.65. The number of alkyl halides is 3. The van der Waals surface area contributed by atoms with E-state index in [0.717, 1.165) is 18.0 Å². The topological polar surface area (TPSA) is 30.0 Å². The summed E-state index contributed by atoms with van der Waals surface area (Å²) in [4.78, 5) is 14.0. The highest BCUT2D eigenvalue weighted by molar-refractivity contribution is 7.99. The molecule has 0 fully saturated rings. The van der Waals surface area contributed by atoms with Crippen molar-refractivity contribution in [3.63, 3.8) is 0 Å². The largest absolute Gasteiger partial charge is 0.436 e. The van der Waals surface area contributed by atoms with E-state index in [-0.39, 0.29) is 22.7 Å². The first-order chi connectivity index (χ1) is 7.41. The zero-order chi connectivity index (χ0) is 11.9. The lowest BCUT2D eigenvalue weighted by atomic mass is 10.1. The number of ketones is 1. The minimum atomic E-state index is -4.83. The molecule has 1 aliphatic heterocycles. The van der Waals surface area contributed by atoms with Crippen LogP contribution in [0.15, 0.2) is 11.1 Å². The third-order valence-electron chi connectivity index (χ3n) is 2.12. The monoisotopic (exact) mass is 251 g/mol. The van der Waals surface area contributed by atoms with Crippen LogP contribution in [-0.4, -0.2) is 16.5 Å². The lowest BCUT2D eigenvalue weighted by Crippen LogP contribution is -2.17. The minimum absolute atomic E-state index is 0.0539.